The van der Waals surface area contributed by atoms with Gasteiger partial charge in [0.15, 0.2) is 0 Å². The van der Waals surface area contributed by atoms with Gasteiger partial charge < -0.3 is 0 Å². The van der Waals surface area contributed by atoms with Crippen LogP contribution in [0.4, 0.5) is 0 Å². The summed E-state index contributed by atoms with van der Waals surface area (Å²) in [5, 5.41) is 0. The smallest absolute Gasteiger partial charge is 0.0298 e. The summed E-state index contributed by atoms with van der Waals surface area (Å²) in [4.78, 5) is 0. The summed E-state index contributed by atoms with van der Waals surface area (Å²) in [5.41, 5.74) is 1.15. The molecule has 2 fully saturated rings. The molecule has 124 valence electrons. The first kappa shape index (κ1) is 17.4. The molecule has 0 unspecified atom stereocenters. The quantitative estimate of drug-likeness (QED) is 0.519. The summed E-state index contributed by atoms with van der Waals surface area (Å²) in [7, 11) is 0. The molecule has 0 amide bonds. The van der Waals surface area contributed by atoms with Crippen molar-refractivity contribution in [2.45, 2.75) is 99.3 Å². The zero-order valence-corrected chi connectivity index (χ0v) is 15.7. The maximum atomic E-state index is 2.60. The largest absolute Gasteiger partial charge is 0.0649 e. The van der Waals surface area contributed by atoms with Crippen LogP contribution in [0.5, 0.6) is 0 Å². The molecule has 2 saturated carbocycles. The van der Waals surface area contributed by atoms with E-state index < -0.39 is 0 Å². The minimum atomic E-state index is 0.565. The number of hydrogen-bond acceptors (Lipinski definition) is 0. The predicted molar refractivity (Wildman–Crippen MR) is 94.4 cm³/mol. The summed E-state index contributed by atoms with van der Waals surface area (Å²) in [6.07, 6.45) is 13.2. The summed E-state index contributed by atoms with van der Waals surface area (Å²) in [5.74, 6) is 3.94. The fraction of sp³-hybridized carbons (Fsp3) is 1.00. The fourth-order valence-corrected chi connectivity index (χ4v) is 5.25. The highest BCUT2D eigenvalue weighted by molar-refractivity contribution is 4.92. The van der Waals surface area contributed by atoms with Gasteiger partial charge >= 0.3 is 0 Å². The van der Waals surface area contributed by atoms with Crippen molar-refractivity contribution in [2.24, 2.45) is 34.5 Å². The van der Waals surface area contributed by atoms with Gasteiger partial charge in [-0.1, -0.05) is 60.8 Å². The van der Waals surface area contributed by atoms with Crippen LogP contribution in [0.3, 0.4) is 0 Å². The lowest BCUT2D eigenvalue weighted by atomic mass is 9.57. The highest BCUT2D eigenvalue weighted by atomic mass is 14.5. The Kier molecular flexibility index (Phi) is 5.48. The predicted octanol–water partition coefficient (Wildman–Crippen LogP) is 7.08. The fourth-order valence-electron chi connectivity index (χ4n) is 5.25. The van der Waals surface area contributed by atoms with Crippen molar-refractivity contribution in [3.05, 3.63) is 0 Å². The molecular formula is C21H40. The molecule has 0 atom stereocenters. The van der Waals surface area contributed by atoms with Crippen molar-refractivity contribution < 1.29 is 0 Å². The Labute approximate surface area is 134 Å². The molecule has 0 aromatic rings. The zero-order valence-electron chi connectivity index (χ0n) is 15.7. The van der Waals surface area contributed by atoms with E-state index in [0.717, 1.165) is 23.7 Å². The molecule has 0 aromatic carbocycles. The summed E-state index contributed by atoms with van der Waals surface area (Å²) >= 11 is 0. The van der Waals surface area contributed by atoms with Crippen LogP contribution in [0.25, 0.3) is 0 Å². The van der Waals surface area contributed by atoms with Gasteiger partial charge in [-0.05, 0) is 73.0 Å². The lowest BCUT2D eigenvalue weighted by Crippen LogP contribution is -2.38. The molecule has 2 aliphatic rings. The van der Waals surface area contributed by atoms with Gasteiger partial charge in [0.2, 0.25) is 0 Å². The Morgan fingerprint density at radius 2 is 1.05 bits per heavy atom. The average Bonchev–Trinajstić information content (AvgIpc) is 2.48. The summed E-state index contributed by atoms with van der Waals surface area (Å²) in [6, 6.07) is 0. The van der Waals surface area contributed by atoms with Gasteiger partial charge in [0.05, 0.1) is 0 Å². The molecule has 21 heavy (non-hydrogen) atoms. The summed E-state index contributed by atoms with van der Waals surface area (Å²) in [6.45, 7) is 15.0. The van der Waals surface area contributed by atoms with Crippen LogP contribution in [0.15, 0.2) is 0 Å². The van der Waals surface area contributed by atoms with Crippen LogP contribution in [-0.2, 0) is 0 Å². The van der Waals surface area contributed by atoms with Gasteiger partial charge in [0.1, 0.15) is 0 Å². The number of hydrogen-bond donors (Lipinski definition) is 0. The molecule has 0 radical (unpaired) electrons. The SMILES string of the molecule is CCC(C)(C)C1CCC(C(C)(C)C2CCC(C)CC2)CC1. The van der Waals surface area contributed by atoms with Gasteiger partial charge in [-0.2, -0.15) is 0 Å². The van der Waals surface area contributed by atoms with Crippen molar-refractivity contribution in [1.29, 1.82) is 0 Å². The van der Waals surface area contributed by atoms with Gasteiger partial charge in [0.25, 0.3) is 0 Å². The third-order valence-corrected chi connectivity index (χ3v) is 7.86. The van der Waals surface area contributed by atoms with Crippen LogP contribution in [0.1, 0.15) is 99.3 Å². The maximum Gasteiger partial charge on any atom is -0.0298 e. The van der Waals surface area contributed by atoms with Crippen molar-refractivity contribution in [2.75, 3.05) is 0 Å². The third-order valence-electron chi connectivity index (χ3n) is 7.86. The Bertz CT molecular complexity index is 309. The van der Waals surface area contributed by atoms with Crippen LogP contribution < -0.4 is 0 Å². The Hall–Kier alpha value is 0. The normalized spacial score (nSPS) is 35.7. The molecule has 0 aromatic heterocycles. The van der Waals surface area contributed by atoms with Crippen molar-refractivity contribution in [3.63, 3.8) is 0 Å². The lowest BCUT2D eigenvalue weighted by Gasteiger charge is -2.48. The maximum absolute atomic E-state index is 2.60. The summed E-state index contributed by atoms with van der Waals surface area (Å²) < 4.78 is 0. The zero-order chi connectivity index (χ0) is 15.7. The van der Waals surface area contributed by atoms with Crippen molar-refractivity contribution >= 4 is 0 Å². The molecule has 0 nitrogen and oxygen atoms in total. The molecule has 0 bridgehead atoms. The molecule has 0 aliphatic heterocycles. The molecule has 0 saturated heterocycles. The number of rotatable bonds is 4. The second-order valence-corrected chi connectivity index (χ2v) is 9.67. The molecule has 2 aliphatic carbocycles. The molecule has 0 heteroatoms. The second kappa shape index (κ2) is 6.63. The first-order valence-corrected chi connectivity index (χ1v) is 9.77. The van der Waals surface area contributed by atoms with E-state index in [1.165, 1.54) is 57.8 Å². The van der Waals surface area contributed by atoms with E-state index in [2.05, 4.69) is 41.5 Å². The van der Waals surface area contributed by atoms with Crippen LogP contribution in [0, 0.1) is 34.5 Å². The van der Waals surface area contributed by atoms with E-state index in [4.69, 9.17) is 0 Å². The van der Waals surface area contributed by atoms with Crippen LogP contribution in [-0.4, -0.2) is 0 Å². The van der Waals surface area contributed by atoms with E-state index in [0.29, 0.717) is 10.8 Å². The molecule has 0 heterocycles. The Morgan fingerprint density at radius 1 is 0.667 bits per heavy atom. The second-order valence-electron chi connectivity index (χ2n) is 9.67. The van der Waals surface area contributed by atoms with E-state index in [9.17, 15) is 0 Å². The van der Waals surface area contributed by atoms with Gasteiger partial charge in [-0.25, -0.2) is 0 Å². The topological polar surface area (TPSA) is 0 Å². The van der Waals surface area contributed by atoms with Crippen molar-refractivity contribution in [3.8, 4) is 0 Å². The Balaban J connectivity index is 1.91. The van der Waals surface area contributed by atoms with E-state index in [1.54, 1.807) is 0 Å². The van der Waals surface area contributed by atoms with E-state index in [1.807, 2.05) is 0 Å². The third kappa shape index (κ3) is 3.85. The first-order valence-electron chi connectivity index (χ1n) is 9.77. The minimum Gasteiger partial charge on any atom is -0.0649 e. The highest BCUT2D eigenvalue weighted by Gasteiger charge is 2.41. The molecule has 0 spiro atoms. The molecule has 0 N–H and O–H groups in total. The lowest BCUT2D eigenvalue weighted by molar-refractivity contribution is 0.0215. The minimum absolute atomic E-state index is 0.565. The first-order chi connectivity index (χ1) is 9.77. The van der Waals surface area contributed by atoms with Crippen LogP contribution >= 0.6 is 0 Å². The standard InChI is InChI=1S/C21H40/c1-7-20(3,4)17-12-14-19(15-13-17)21(5,6)18-10-8-16(2)9-11-18/h16-19H,7-15H2,1-6H3. The molecular weight excluding hydrogens is 252 g/mol. The van der Waals surface area contributed by atoms with E-state index in [-0.39, 0.29) is 0 Å². The van der Waals surface area contributed by atoms with E-state index >= 15 is 0 Å². The average molecular weight is 293 g/mol. The van der Waals surface area contributed by atoms with Gasteiger partial charge in [-0.3, -0.25) is 0 Å². The monoisotopic (exact) mass is 292 g/mol. The van der Waals surface area contributed by atoms with Crippen molar-refractivity contribution in [1.82, 2.24) is 0 Å². The van der Waals surface area contributed by atoms with Gasteiger partial charge in [0, 0.05) is 0 Å². The highest BCUT2D eigenvalue weighted by Crippen LogP contribution is 2.52. The molecule has 2 rings (SSSR count). The van der Waals surface area contributed by atoms with Gasteiger partial charge in [-0.15, -0.1) is 0 Å². The Morgan fingerprint density at radius 3 is 1.48 bits per heavy atom. The van der Waals surface area contributed by atoms with Crippen LogP contribution in [0.2, 0.25) is 0 Å².